The van der Waals surface area contributed by atoms with Crippen molar-refractivity contribution in [2.45, 2.75) is 26.7 Å². The van der Waals surface area contributed by atoms with Gasteiger partial charge in [-0.1, -0.05) is 13.8 Å². The first-order chi connectivity index (χ1) is 4.04. The predicted molar refractivity (Wildman–Crippen MR) is 34.1 cm³/mol. The summed E-state index contributed by atoms with van der Waals surface area (Å²) in [6.45, 7) is 4.02. The molecule has 1 unspecified atom stereocenters. The molecule has 0 aromatic rings. The standard InChI is InChI=1S/C7H12O2/c1-7(2)4-3-5(7)6(8)9/h5H,3-4H2,1-2H3,(H,8,9). The largest absolute Gasteiger partial charge is 0.481 e. The van der Waals surface area contributed by atoms with Crippen LogP contribution in [0.2, 0.25) is 0 Å². The van der Waals surface area contributed by atoms with E-state index in [1.54, 1.807) is 0 Å². The first-order valence-electron chi connectivity index (χ1n) is 3.27. The second-order valence-corrected chi connectivity index (χ2v) is 3.42. The third kappa shape index (κ3) is 0.934. The minimum absolute atomic E-state index is 0.0613. The highest BCUT2D eigenvalue weighted by Crippen LogP contribution is 2.45. The number of hydrogen-bond donors (Lipinski definition) is 1. The summed E-state index contributed by atoms with van der Waals surface area (Å²) in [4.78, 5) is 10.4. The molecule has 1 N–H and O–H groups in total. The molecule has 1 aliphatic carbocycles. The Labute approximate surface area is 54.9 Å². The van der Waals surface area contributed by atoms with Gasteiger partial charge in [0, 0.05) is 0 Å². The molecule has 52 valence electrons. The molecule has 0 radical (unpaired) electrons. The molecule has 1 saturated carbocycles. The molecule has 1 rings (SSSR count). The van der Waals surface area contributed by atoms with Gasteiger partial charge >= 0.3 is 5.97 Å². The molecule has 9 heavy (non-hydrogen) atoms. The second-order valence-electron chi connectivity index (χ2n) is 3.42. The van der Waals surface area contributed by atoms with E-state index in [0.717, 1.165) is 12.8 Å². The number of aliphatic carboxylic acids is 1. The lowest BCUT2D eigenvalue weighted by Gasteiger charge is -2.41. The van der Waals surface area contributed by atoms with Crippen LogP contribution < -0.4 is 0 Å². The van der Waals surface area contributed by atoms with Gasteiger partial charge in [-0.15, -0.1) is 0 Å². The Kier molecular flexibility index (Phi) is 1.26. The Bertz CT molecular complexity index is 138. The maximum absolute atomic E-state index is 10.4. The summed E-state index contributed by atoms with van der Waals surface area (Å²) in [5.74, 6) is -0.719. The number of carboxylic acid groups (broad SMARTS) is 1. The highest BCUT2D eigenvalue weighted by atomic mass is 16.4. The third-order valence-electron chi connectivity index (χ3n) is 2.32. The average Bonchev–Trinajstić information content (AvgIpc) is 1.62. The summed E-state index contributed by atoms with van der Waals surface area (Å²) in [6.07, 6.45) is 1.92. The summed E-state index contributed by atoms with van der Waals surface area (Å²) in [5.41, 5.74) is 0.0613. The summed E-state index contributed by atoms with van der Waals surface area (Å²) >= 11 is 0. The van der Waals surface area contributed by atoms with Crippen LogP contribution >= 0.6 is 0 Å². The van der Waals surface area contributed by atoms with E-state index in [4.69, 9.17) is 5.11 Å². The van der Waals surface area contributed by atoms with Crippen LogP contribution in [0.5, 0.6) is 0 Å². The Hall–Kier alpha value is -0.530. The Balaban J connectivity index is 2.55. The zero-order valence-electron chi connectivity index (χ0n) is 5.85. The monoisotopic (exact) mass is 128 g/mol. The van der Waals surface area contributed by atoms with Crippen LogP contribution in [0.1, 0.15) is 26.7 Å². The van der Waals surface area contributed by atoms with Crippen molar-refractivity contribution in [2.24, 2.45) is 11.3 Å². The number of hydrogen-bond acceptors (Lipinski definition) is 1. The molecule has 0 aromatic carbocycles. The topological polar surface area (TPSA) is 37.3 Å². The molecular weight excluding hydrogens is 116 g/mol. The highest BCUT2D eigenvalue weighted by Gasteiger charge is 2.43. The van der Waals surface area contributed by atoms with Crippen molar-refractivity contribution in [2.75, 3.05) is 0 Å². The molecule has 0 amide bonds. The van der Waals surface area contributed by atoms with Crippen molar-refractivity contribution in [3.8, 4) is 0 Å². The van der Waals surface area contributed by atoms with Gasteiger partial charge in [-0.25, -0.2) is 0 Å². The molecule has 1 atom stereocenters. The summed E-state index contributed by atoms with van der Waals surface area (Å²) < 4.78 is 0. The van der Waals surface area contributed by atoms with Gasteiger partial charge in [0.1, 0.15) is 0 Å². The van der Waals surface area contributed by atoms with Crippen molar-refractivity contribution >= 4 is 5.97 Å². The van der Waals surface area contributed by atoms with Crippen LogP contribution in [0, 0.1) is 11.3 Å². The molecule has 2 heteroatoms. The first kappa shape index (κ1) is 6.59. The fourth-order valence-corrected chi connectivity index (χ4v) is 1.32. The molecule has 0 spiro atoms. The van der Waals surface area contributed by atoms with Crippen LogP contribution in [-0.2, 0) is 4.79 Å². The summed E-state index contributed by atoms with van der Waals surface area (Å²) in [5, 5.41) is 8.57. The van der Waals surface area contributed by atoms with Crippen molar-refractivity contribution in [3.05, 3.63) is 0 Å². The normalized spacial score (nSPS) is 31.1. The lowest BCUT2D eigenvalue weighted by molar-refractivity contribution is -0.152. The van der Waals surface area contributed by atoms with Crippen LogP contribution in [0.3, 0.4) is 0 Å². The molecule has 1 fully saturated rings. The number of carbonyl (C=O) groups is 1. The Morgan fingerprint density at radius 2 is 2.22 bits per heavy atom. The zero-order valence-corrected chi connectivity index (χ0v) is 5.85. The molecule has 0 saturated heterocycles. The van der Waals surface area contributed by atoms with Gasteiger partial charge in [0.15, 0.2) is 0 Å². The van der Waals surface area contributed by atoms with Crippen molar-refractivity contribution in [3.63, 3.8) is 0 Å². The van der Waals surface area contributed by atoms with Gasteiger partial charge in [0.2, 0.25) is 0 Å². The third-order valence-corrected chi connectivity index (χ3v) is 2.32. The first-order valence-corrected chi connectivity index (χ1v) is 3.27. The van der Waals surface area contributed by atoms with Gasteiger partial charge < -0.3 is 5.11 Å². The summed E-state index contributed by atoms with van der Waals surface area (Å²) in [6, 6.07) is 0. The lowest BCUT2D eigenvalue weighted by atomic mass is 9.63. The maximum atomic E-state index is 10.4. The van der Waals surface area contributed by atoms with Crippen molar-refractivity contribution in [1.29, 1.82) is 0 Å². The van der Waals surface area contributed by atoms with E-state index in [9.17, 15) is 4.79 Å². The Morgan fingerprint density at radius 3 is 2.22 bits per heavy atom. The van der Waals surface area contributed by atoms with Gasteiger partial charge in [0.25, 0.3) is 0 Å². The predicted octanol–water partition coefficient (Wildman–Crippen LogP) is 1.51. The van der Waals surface area contributed by atoms with Gasteiger partial charge in [-0.05, 0) is 18.3 Å². The van der Waals surface area contributed by atoms with E-state index in [1.165, 1.54) is 0 Å². The van der Waals surface area contributed by atoms with Crippen LogP contribution in [-0.4, -0.2) is 11.1 Å². The molecule has 0 aromatic heterocycles. The number of carboxylic acids is 1. The van der Waals surface area contributed by atoms with Crippen molar-refractivity contribution < 1.29 is 9.90 Å². The fourth-order valence-electron chi connectivity index (χ4n) is 1.32. The van der Waals surface area contributed by atoms with E-state index in [1.807, 2.05) is 13.8 Å². The van der Waals surface area contributed by atoms with E-state index >= 15 is 0 Å². The molecule has 0 aliphatic heterocycles. The van der Waals surface area contributed by atoms with E-state index in [-0.39, 0.29) is 11.3 Å². The average molecular weight is 128 g/mol. The Morgan fingerprint density at radius 1 is 1.67 bits per heavy atom. The van der Waals surface area contributed by atoms with Crippen LogP contribution in [0.4, 0.5) is 0 Å². The SMILES string of the molecule is CC1(C)CCC1C(=O)O. The fraction of sp³-hybridized carbons (Fsp3) is 0.857. The van der Waals surface area contributed by atoms with Gasteiger partial charge in [-0.2, -0.15) is 0 Å². The van der Waals surface area contributed by atoms with E-state index in [0.29, 0.717) is 0 Å². The maximum Gasteiger partial charge on any atom is 0.307 e. The minimum atomic E-state index is -0.633. The molecule has 1 aliphatic rings. The van der Waals surface area contributed by atoms with Crippen LogP contribution in [0.25, 0.3) is 0 Å². The van der Waals surface area contributed by atoms with Gasteiger partial charge in [-0.3, -0.25) is 4.79 Å². The molecule has 0 bridgehead atoms. The van der Waals surface area contributed by atoms with Crippen LogP contribution in [0.15, 0.2) is 0 Å². The minimum Gasteiger partial charge on any atom is -0.481 e. The van der Waals surface area contributed by atoms with Gasteiger partial charge in [0.05, 0.1) is 5.92 Å². The highest BCUT2D eigenvalue weighted by molar-refractivity contribution is 5.72. The molecule has 0 heterocycles. The van der Waals surface area contributed by atoms with Crippen molar-refractivity contribution in [1.82, 2.24) is 0 Å². The smallest absolute Gasteiger partial charge is 0.307 e. The second kappa shape index (κ2) is 1.72. The lowest BCUT2D eigenvalue weighted by Crippen LogP contribution is -2.39. The number of rotatable bonds is 1. The summed E-state index contributed by atoms with van der Waals surface area (Å²) in [7, 11) is 0. The van der Waals surface area contributed by atoms with E-state index in [2.05, 4.69) is 0 Å². The zero-order chi connectivity index (χ0) is 7.07. The molecule has 2 nitrogen and oxygen atoms in total. The quantitative estimate of drug-likeness (QED) is 0.581. The van der Waals surface area contributed by atoms with E-state index < -0.39 is 5.97 Å². The molecular formula is C7H12O2.